The van der Waals surface area contributed by atoms with Crippen LogP contribution in [0.25, 0.3) is 5.69 Å². The SMILES string of the molecule is CC(=O)N1CCC(COc2nn(-c3ccccc3)c(CC(=O)C[C@@H]3CN(CCF)O[C@H]3c3ccc(F)c(F)c3)c2C)CC1. The number of piperidine rings is 1. The number of nitrogens with zero attached hydrogens (tertiary/aromatic N) is 4. The van der Waals surface area contributed by atoms with Crippen molar-refractivity contribution in [3.05, 3.63) is 77.0 Å². The minimum absolute atomic E-state index is 0.0131. The smallest absolute Gasteiger partial charge is 0.236 e. The number of alkyl halides is 1. The third-order valence-corrected chi connectivity index (χ3v) is 8.31. The van der Waals surface area contributed by atoms with Crippen molar-refractivity contribution in [1.29, 1.82) is 0 Å². The summed E-state index contributed by atoms with van der Waals surface area (Å²) >= 11 is 0. The highest BCUT2D eigenvalue weighted by atomic mass is 19.2. The molecular weight excluding hydrogens is 561 g/mol. The Morgan fingerprint density at radius 1 is 1.07 bits per heavy atom. The van der Waals surface area contributed by atoms with Gasteiger partial charge in [-0.1, -0.05) is 24.3 Å². The number of benzene rings is 2. The molecule has 3 aromatic rings. The van der Waals surface area contributed by atoms with Gasteiger partial charge in [0.25, 0.3) is 0 Å². The van der Waals surface area contributed by atoms with E-state index in [2.05, 4.69) is 0 Å². The summed E-state index contributed by atoms with van der Waals surface area (Å²) in [5.74, 6) is -1.61. The van der Waals surface area contributed by atoms with Crippen LogP contribution >= 0.6 is 0 Å². The summed E-state index contributed by atoms with van der Waals surface area (Å²) in [4.78, 5) is 32.9. The van der Waals surface area contributed by atoms with Crippen LogP contribution < -0.4 is 4.74 Å². The van der Waals surface area contributed by atoms with Crippen LogP contribution in [0.2, 0.25) is 0 Å². The number of aromatic nitrogens is 2. The summed E-state index contributed by atoms with van der Waals surface area (Å²) in [6, 6.07) is 13.0. The van der Waals surface area contributed by atoms with E-state index in [0.29, 0.717) is 42.8 Å². The first kappa shape index (κ1) is 30.7. The van der Waals surface area contributed by atoms with Crippen molar-refractivity contribution in [1.82, 2.24) is 19.7 Å². The molecule has 0 saturated carbocycles. The van der Waals surface area contributed by atoms with E-state index in [-0.39, 0.29) is 43.5 Å². The molecule has 0 N–H and O–H groups in total. The molecule has 1 aromatic heterocycles. The van der Waals surface area contributed by atoms with Gasteiger partial charge in [0.1, 0.15) is 18.6 Å². The lowest BCUT2D eigenvalue weighted by Gasteiger charge is -2.30. The van der Waals surface area contributed by atoms with Gasteiger partial charge in [0.2, 0.25) is 11.8 Å². The van der Waals surface area contributed by atoms with Crippen molar-refractivity contribution in [2.45, 2.75) is 45.6 Å². The fraction of sp³-hybridized carbons (Fsp3) is 0.469. The first-order valence-corrected chi connectivity index (χ1v) is 14.7. The maximum absolute atomic E-state index is 14.0. The number of amides is 1. The molecule has 2 aliphatic heterocycles. The highest BCUT2D eigenvalue weighted by molar-refractivity contribution is 5.81. The van der Waals surface area contributed by atoms with Gasteiger partial charge in [0, 0.05) is 50.9 Å². The number of ketones is 1. The van der Waals surface area contributed by atoms with Gasteiger partial charge in [-0.3, -0.25) is 14.4 Å². The highest BCUT2D eigenvalue weighted by Crippen LogP contribution is 2.37. The van der Waals surface area contributed by atoms with E-state index >= 15 is 0 Å². The van der Waals surface area contributed by atoms with Crippen LogP contribution in [0, 0.1) is 30.4 Å². The number of carbonyl (C=O) groups excluding carboxylic acids is 2. The predicted octanol–water partition coefficient (Wildman–Crippen LogP) is 5.17. The van der Waals surface area contributed by atoms with Gasteiger partial charge in [0.15, 0.2) is 11.6 Å². The Labute approximate surface area is 249 Å². The fourth-order valence-corrected chi connectivity index (χ4v) is 5.88. The maximum Gasteiger partial charge on any atom is 0.236 e. The molecule has 8 nitrogen and oxygen atoms in total. The van der Waals surface area contributed by atoms with Crippen LogP contribution in [0.4, 0.5) is 13.2 Å². The molecule has 11 heteroatoms. The van der Waals surface area contributed by atoms with Crippen molar-refractivity contribution >= 4 is 11.7 Å². The molecule has 0 radical (unpaired) electrons. The van der Waals surface area contributed by atoms with Gasteiger partial charge in [-0.15, -0.1) is 5.10 Å². The van der Waals surface area contributed by atoms with Crippen molar-refractivity contribution in [2.24, 2.45) is 11.8 Å². The number of Topliss-reactive ketones (excluding diaryl/α,β-unsaturated/α-hetero) is 1. The summed E-state index contributed by atoms with van der Waals surface area (Å²) in [6.45, 7) is 5.01. The van der Waals surface area contributed by atoms with Crippen LogP contribution in [-0.2, 0) is 20.8 Å². The number of ether oxygens (including phenoxy) is 1. The average molecular weight is 599 g/mol. The molecule has 5 rings (SSSR count). The van der Waals surface area contributed by atoms with Crippen molar-refractivity contribution in [2.75, 3.05) is 39.5 Å². The van der Waals surface area contributed by atoms with E-state index in [1.165, 1.54) is 11.1 Å². The molecule has 230 valence electrons. The normalized spacial score (nSPS) is 19.6. The Kier molecular flexibility index (Phi) is 9.82. The quantitative estimate of drug-likeness (QED) is 0.303. The van der Waals surface area contributed by atoms with Crippen molar-refractivity contribution in [3.63, 3.8) is 0 Å². The largest absolute Gasteiger partial charge is 0.476 e. The molecule has 2 aromatic carbocycles. The lowest BCUT2D eigenvalue weighted by molar-refractivity contribution is -0.151. The second-order valence-electron chi connectivity index (χ2n) is 11.3. The second-order valence-corrected chi connectivity index (χ2v) is 11.3. The third-order valence-electron chi connectivity index (χ3n) is 8.31. The number of hydroxylamine groups is 2. The first-order chi connectivity index (χ1) is 20.7. The second kappa shape index (κ2) is 13.7. The minimum Gasteiger partial charge on any atom is -0.476 e. The summed E-state index contributed by atoms with van der Waals surface area (Å²) in [5.41, 5.74) is 2.64. The van der Waals surface area contributed by atoms with Crippen LogP contribution in [0.3, 0.4) is 0 Å². The van der Waals surface area contributed by atoms with E-state index in [4.69, 9.17) is 14.7 Å². The fourth-order valence-electron chi connectivity index (χ4n) is 5.88. The molecule has 3 heterocycles. The molecule has 0 bridgehead atoms. The lowest BCUT2D eigenvalue weighted by Crippen LogP contribution is -2.38. The molecule has 2 atom stereocenters. The molecule has 2 fully saturated rings. The zero-order chi connectivity index (χ0) is 30.5. The molecule has 0 aliphatic carbocycles. The number of hydrogen-bond donors (Lipinski definition) is 0. The monoisotopic (exact) mass is 598 g/mol. The number of carbonyl (C=O) groups is 2. The summed E-state index contributed by atoms with van der Waals surface area (Å²) in [7, 11) is 0. The zero-order valence-electron chi connectivity index (χ0n) is 24.5. The number of hydrogen-bond acceptors (Lipinski definition) is 6. The van der Waals surface area contributed by atoms with Crippen LogP contribution in [0.15, 0.2) is 48.5 Å². The molecule has 0 unspecified atom stereocenters. The minimum atomic E-state index is -1.01. The molecule has 1 amide bonds. The summed E-state index contributed by atoms with van der Waals surface area (Å²) in [6.07, 6.45) is 1.16. The van der Waals surface area contributed by atoms with Gasteiger partial charge < -0.3 is 9.64 Å². The third kappa shape index (κ3) is 7.27. The van der Waals surface area contributed by atoms with E-state index in [0.717, 1.165) is 36.2 Å². The number of likely N-dealkylation sites (tertiary alicyclic amines) is 1. The Bertz CT molecular complexity index is 1430. The topological polar surface area (TPSA) is 76.9 Å². The molecule has 2 aliphatic rings. The lowest BCUT2D eigenvalue weighted by atomic mass is 9.90. The molecule has 2 saturated heterocycles. The Balaban J connectivity index is 1.32. The molecule has 0 spiro atoms. The van der Waals surface area contributed by atoms with Crippen LogP contribution in [0.5, 0.6) is 5.88 Å². The average Bonchev–Trinajstić information content (AvgIpc) is 3.54. The van der Waals surface area contributed by atoms with E-state index in [9.17, 15) is 22.8 Å². The van der Waals surface area contributed by atoms with Crippen molar-refractivity contribution in [3.8, 4) is 11.6 Å². The van der Waals surface area contributed by atoms with Crippen molar-refractivity contribution < 1.29 is 32.3 Å². The predicted molar refractivity (Wildman–Crippen MR) is 153 cm³/mol. The number of halogens is 3. The maximum atomic E-state index is 14.0. The standard InChI is InChI=1S/C32H37F3N4O4/c1-21-30(18-27(41)16-25-19-38(15-12-33)43-31(25)24-8-9-28(34)29(35)17-24)39(26-6-4-3-5-7-26)36-32(21)42-20-23-10-13-37(14-11-23)22(2)40/h3-9,17,23,25,31H,10-16,18-20H2,1-2H3/t25-,31+/m1/s1. The summed E-state index contributed by atoms with van der Waals surface area (Å²) < 4.78 is 48.7. The Hall–Kier alpha value is -3.70. The zero-order valence-corrected chi connectivity index (χ0v) is 24.5. The van der Waals surface area contributed by atoms with Gasteiger partial charge in [-0.2, -0.15) is 5.06 Å². The van der Waals surface area contributed by atoms with Crippen LogP contribution in [-0.4, -0.2) is 70.9 Å². The van der Waals surface area contributed by atoms with E-state index in [1.54, 1.807) is 11.6 Å². The van der Waals surface area contributed by atoms with Gasteiger partial charge in [-0.05, 0) is 55.5 Å². The molecule has 43 heavy (non-hydrogen) atoms. The van der Waals surface area contributed by atoms with Crippen LogP contribution in [0.1, 0.15) is 49.1 Å². The highest BCUT2D eigenvalue weighted by Gasteiger charge is 2.37. The number of rotatable bonds is 11. The van der Waals surface area contributed by atoms with E-state index < -0.39 is 24.4 Å². The van der Waals surface area contributed by atoms with Gasteiger partial charge in [-0.25, -0.2) is 17.9 Å². The molecular formula is C32H37F3N4O4. The Morgan fingerprint density at radius 3 is 2.49 bits per heavy atom. The van der Waals surface area contributed by atoms with E-state index in [1.807, 2.05) is 42.2 Å². The first-order valence-electron chi connectivity index (χ1n) is 14.7. The Morgan fingerprint density at radius 2 is 1.81 bits per heavy atom. The summed E-state index contributed by atoms with van der Waals surface area (Å²) in [5, 5.41) is 6.18. The van der Waals surface area contributed by atoms with Gasteiger partial charge in [0.05, 0.1) is 24.5 Å². The van der Waals surface area contributed by atoms with Gasteiger partial charge >= 0.3 is 0 Å². The number of para-hydroxylation sites is 1.